The minimum atomic E-state index is -5.34. The van der Waals surface area contributed by atoms with Crippen molar-refractivity contribution in [1.29, 1.82) is 0 Å². The van der Waals surface area contributed by atoms with Crippen LogP contribution >= 0.6 is 7.82 Å². The second-order valence-corrected chi connectivity index (χ2v) is 6.93. The van der Waals surface area contributed by atoms with E-state index in [0.29, 0.717) is 0 Å². The summed E-state index contributed by atoms with van der Waals surface area (Å²) in [5, 5.41) is 0. The molecule has 0 spiro atoms. The van der Waals surface area contributed by atoms with Crippen molar-refractivity contribution in [2.24, 2.45) is 0 Å². The Hall–Kier alpha value is -1.51. The third-order valence-corrected chi connectivity index (χ3v) is 3.68. The summed E-state index contributed by atoms with van der Waals surface area (Å²) < 4.78 is 133. The Morgan fingerprint density at radius 3 is 0.931 bits per heavy atom. The summed E-state index contributed by atoms with van der Waals surface area (Å²) in [5.41, 5.74) is 0. The molecule has 0 unspecified atom stereocenters. The lowest BCUT2D eigenvalue weighted by Gasteiger charge is -2.18. The number of carbonyl (C=O) groups is 3. The summed E-state index contributed by atoms with van der Waals surface area (Å²) in [7, 11) is -5.34. The summed E-state index contributed by atoms with van der Waals surface area (Å²) >= 11 is 0. The number of phosphoric ester groups is 1. The predicted octanol–water partition coefficient (Wildman–Crippen LogP) is 3.71. The van der Waals surface area contributed by atoms with Gasteiger partial charge in [0, 0.05) is 0 Å². The van der Waals surface area contributed by atoms with Crippen molar-refractivity contribution in [2.75, 3.05) is 19.8 Å². The molecule has 170 valence electrons. The number of hydrogen-bond acceptors (Lipinski definition) is 7. The summed E-state index contributed by atoms with van der Waals surface area (Å²) in [4.78, 5) is 33.1. The number of hydrogen-bond donors (Lipinski definition) is 0. The Balaban J connectivity index is 5.01. The van der Waals surface area contributed by atoms with Crippen LogP contribution in [0.5, 0.6) is 0 Å². The lowest BCUT2D eigenvalue weighted by atomic mass is 10.3. The number of carbonyl (C=O) groups excluding carboxylic acids is 3. The van der Waals surface area contributed by atoms with Crippen LogP contribution in [-0.2, 0) is 32.5 Å². The summed E-state index contributed by atoms with van der Waals surface area (Å²) in [5.74, 6) is -5.27. The molecule has 0 amide bonds. The number of rotatable bonds is 12. The highest BCUT2D eigenvalue weighted by atomic mass is 31.2. The Bertz CT molecular complexity index is 554. The van der Waals surface area contributed by atoms with Crippen molar-refractivity contribution in [3.63, 3.8) is 0 Å². The van der Waals surface area contributed by atoms with Crippen LogP contribution in [-0.4, -0.2) is 55.7 Å². The number of alkyl halides is 9. The third-order valence-electron chi connectivity index (χ3n) is 2.34. The fourth-order valence-corrected chi connectivity index (χ4v) is 2.52. The van der Waals surface area contributed by atoms with E-state index in [0.717, 1.165) is 0 Å². The molecule has 0 heterocycles. The molecule has 0 bridgehead atoms. The van der Waals surface area contributed by atoms with Crippen LogP contribution in [0.15, 0.2) is 0 Å². The van der Waals surface area contributed by atoms with Crippen LogP contribution in [0.25, 0.3) is 0 Å². The van der Waals surface area contributed by atoms with E-state index in [4.69, 9.17) is 0 Å². The van der Waals surface area contributed by atoms with Gasteiger partial charge in [-0.05, 0) is 0 Å². The molecule has 0 saturated heterocycles. The second-order valence-electron chi connectivity index (χ2n) is 5.26. The van der Waals surface area contributed by atoms with Gasteiger partial charge in [-0.2, -0.15) is 39.5 Å². The number of halogens is 9. The molecule has 0 saturated carbocycles. The minimum Gasteiger partial charge on any atom is -0.297 e. The highest BCUT2D eigenvalue weighted by Crippen LogP contribution is 2.49. The van der Waals surface area contributed by atoms with Gasteiger partial charge >= 0.3 is 26.4 Å². The minimum absolute atomic E-state index is 1.64. The van der Waals surface area contributed by atoms with Gasteiger partial charge in [-0.15, -0.1) is 0 Å². The average Bonchev–Trinajstić information content (AvgIpc) is 2.44. The zero-order chi connectivity index (χ0) is 23.1. The van der Waals surface area contributed by atoms with Crippen molar-refractivity contribution in [1.82, 2.24) is 0 Å². The van der Waals surface area contributed by atoms with Gasteiger partial charge in [0.15, 0.2) is 17.3 Å². The van der Waals surface area contributed by atoms with E-state index in [1.54, 1.807) is 0 Å². The van der Waals surface area contributed by atoms with Crippen LogP contribution in [0.3, 0.4) is 0 Å². The highest BCUT2D eigenvalue weighted by Gasteiger charge is 2.37. The first-order chi connectivity index (χ1) is 12.8. The maximum absolute atomic E-state index is 12.1. The van der Waals surface area contributed by atoms with Crippen LogP contribution in [0.2, 0.25) is 0 Å². The molecule has 7 nitrogen and oxygen atoms in total. The highest BCUT2D eigenvalue weighted by molar-refractivity contribution is 7.48. The zero-order valence-corrected chi connectivity index (χ0v) is 14.8. The predicted molar refractivity (Wildman–Crippen MR) is 72.5 cm³/mol. The average molecular weight is 470 g/mol. The fraction of sp³-hybridized carbons (Fsp3) is 0.750. The zero-order valence-electron chi connectivity index (χ0n) is 13.9. The largest absolute Gasteiger partial charge is 0.476 e. The molecule has 0 aliphatic heterocycles. The summed E-state index contributed by atoms with van der Waals surface area (Å²) in [6.07, 6.45) is -21.2. The summed E-state index contributed by atoms with van der Waals surface area (Å²) in [6.45, 7) is -4.92. The quantitative estimate of drug-likeness (QED) is 0.317. The molecule has 29 heavy (non-hydrogen) atoms. The van der Waals surface area contributed by atoms with Gasteiger partial charge in [-0.25, -0.2) is 4.57 Å². The molecule has 0 radical (unpaired) electrons. The first kappa shape index (κ1) is 27.5. The van der Waals surface area contributed by atoms with Gasteiger partial charge in [-0.1, -0.05) is 0 Å². The molecule has 0 fully saturated rings. The van der Waals surface area contributed by atoms with Crippen LogP contribution < -0.4 is 0 Å². The first-order valence-corrected chi connectivity index (χ1v) is 8.55. The second kappa shape index (κ2) is 10.5. The molecule has 17 heteroatoms. The van der Waals surface area contributed by atoms with Crippen molar-refractivity contribution < 1.29 is 72.0 Å². The summed E-state index contributed by atoms with van der Waals surface area (Å²) in [6, 6.07) is 0. The Labute approximate surface area is 156 Å². The lowest BCUT2D eigenvalue weighted by molar-refractivity contribution is -0.154. The molecule has 0 aromatic carbocycles. The molecule has 0 N–H and O–H groups in total. The molecule has 0 aromatic rings. The van der Waals surface area contributed by atoms with E-state index in [9.17, 15) is 58.5 Å². The van der Waals surface area contributed by atoms with E-state index >= 15 is 0 Å². The van der Waals surface area contributed by atoms with Gasteiger partial charge in [0.2, 0.25) is 0 Å². The number of Topliss-reactive ketones (excluding diaryl/α,β-unsaturated/α-hetero) is 3. The molecule has 0 rings (SSSR count). The number of ketones is 3. The van der Waals surface area contributed by atoms with Gasteiger partial charge < -0.3 is 0 Å². The number of phosphoric acid groups is 1. The molecule has 0 aromatic heterocycles. The topological polar surface area (TPSA) is 96.0 Å². The van der Waals surface area contributed by atoms with Crippen molar-refractivity contribution >= 4 is 25.2 Å². The van der Waals surface area contributed by atoms with Gasteiger partial charge in [0.25, 0.3) is 0 Å². The van der Waals surface area contributed by atoms with Crippen LogP contribution in [0, 0.1) is 0 Å². The Kier molecular flexibility index (Phi) is 9.95. The third kappa shape index (κ3) is 16.0. The maximum atomic E-state index is 12.1. The molecular formula is C12H12F9O7P. The Morgan fingerprint density at radius 1 is 0.552 bits per heavy atom. The SMILES string of the molecule is O=C(COP(=O)(OCC(=O)CC(F)(F)F)OCC(=O)CC(F)(F)F)CC(F)(F)F. The molecule has 0 aliphatic carbocycles. The fourth-order valence-electron chi connectivity index (χ4n) is 1.39. The van der Waals surface area contributed by atoms with E-state index in [1.165, 1.54) is 0 Å². The van der Waals surface area contributed by atoms with E-state index < -0.39 is 82.8 Å². The van der Waals surface area contributed by atoms with E-state index in [-0.39, 0.29) is 0 Å². The smallest absolute Gasteiger partial charge is 0.297 e. The van der Waals surface area contributed by atoms with Crippen molar-refractivity contribution in [3.05, 3.63) is 0 Å². The lowest BCUT2D eigenvalue weighted by Crippen LogP contribution is -2.22. The maximum Gasteiger partial charge on any atom is 0.476 e. The van der Waals surface area contributed by atoms with Crippen LogP contribution in [0.4, 0.5) is 39.5 Å². The monoisotopic (exact) mass is 470 g/mol. The van der Waals surface area contributed by atoms with E-state index in [2.05, 4.69) is 13.6 Å². The van der Waals surface area contributed by atoms with Gasteiger partial charge in [-0.3, -0.25) is 28.0 Å². The van der Waals surface area contributed by atoms with Gasteiger partial charge in [0.1, 0.15) is 39.1 Å². The van der Waals surface area contributed by atoms with Gasteiger partial charge in [0.05, 0.1) is 0 Å². The van der Waals surface area contributed by atoms with Crippen molar-refractivity contribution in [2.45, 2.75) is 37.8 Å². The van der Waals surface area contributed by atoms with E-state index in [1.807, 2.05) is 0 Å². The Morgan fingerprint density at radius 2 is 0.759 bits per heavy atom. The molecule has 0 aliphatic rings. The van der Waals surface area contributed by atoms with Crippen LogP contribution in [0.1, 0.15) is 19.3 Å². The first-order valence-electron chi connectivity index (χ1n) is 7.09. The standard InChI is InChI=1S/C12H12F9O7P/c13-10(14,15)1-7(22)4-26-29(25,27-5-8(23)2-11(16,17)18)28-6-9(24)3-12(19,20)21/h1-6H2. The normalized spacial score (nSPS) is 13.4. The molecule has 0 atom stereocenters. The molecular weight excluding hydrogens is 458 g/mol. The van der Waals surface area contributed by atoms with Crippen molar-refractivity contribution in [3.8, 4) is 0 Å².